The Balaban J connectivity index is 0.000000513. The number of H-pyrrole nitrogens is 1. The predicted molar refractivity (Wildman–Crippen MR) is 121 cm³/mol. The van der Waals surface area contributed by atoms with Crippen molar-refractivity contribution in [2.45, 2.75) is 64.1 Å². The lowest BCUT2D eigenvalue weighted by atomic mass is 10.1. The van der Waals surface area contributed by atoms with Gasteiger partial charge in [-0.2, -0.15) is 0 Å². The topological polar surface area (TPSA) is 185 Å². The van der Waals surface area contributed by atoms with Gasteiger partial charge in [-0.1, -0.05) is 0 Å². The van der Waals surface area contributed by atoms with Gasteiger partial charge in [0.25, 0.3) is 0 Å². The van der Waals surface area contributed by atoms with E-state index in [1.54, 1.807) is 0 Å². The lowest BCUT2D eigenvalue weighted by Gasteiger charge is -2.33. The summed E-state index contributed by atoms with van der Waals surface area (Å²) in [5.74, 6) is -2.44. The monoisotopic (exact) mass is 472 g/mol. The van der Waals surface area contributed by atoms with E-state index in [0.717, 1.165) is 12.1 Å². The number of carboxylic acids is 1. The van der Waals surface area contributed by atoms with E-state index in [2.05, 4.69) is 9.97 Å². The third-order valence-corrected chi connectivity index (χ3v) is 4.87. The standard InChI is InChI=1S/C16H22F2N4O2.C5H12N2O2/c1-16(2,3)22(15(23)24)6-4-5-11(19)14-20-12-7-9(17)10(18)8-13(12)21-14;6-3-1-2-4(7)5(8)9/h7-8,11H,4-6,19H2,1-3H3,(H,20,21)(H,23,24);4H,1-3,6-7H2,(H,8,9). The van der Waals surface area contributed by atoms with Gasteiger partial charge in [0.05, 0.1) is 17.1 Å². The minimum atomic E-state index is -0.981. The first-order valence-electron chi connectivity index (χ1n) is 10.6. The molecule has 0 aliphatic heterocycles. The molecule has 12 heteroatoms. The number of nitrogens with one attached hydrogen (secondary N) is 1. The van der Waals surface area contributed by atoms with Crippen LogP contribution in [-0.2, 0) is 4.79 Å². The maximum atomic E-state index is 13.2. The van der Waals surface area contributed by atoms with Crippen LogP contribution in [0.4, 0.5) is 13.6 Å². The fourth-order valence-corrected chi connectivity index (χ4v) is 2.99. The molecule has 0 fully saturated rings. The molecule has 0 radical (unpaired) electrons. The van der Waals surface area contributed by atoms with Gasteiger partial charge in [0, 0.05) is 24.2 Å². The quantitative estimate of drug-likeness (QED) is 0.321. The molecule has 0 saturated heterocycles. The maximum absolute atomic E-state index is 13.2. The largest absolute Gasteiger partial charge is 0.480 e. The van der Waals surface area contributed by atoms with Gasteiger partial charge in [-0.05, 0) is 53.0 Å². The SMILES string of the molecule is CC(C)(C)N(CCCC(N)c1nc2cc(F)c(F)cc2[nH]1)C(=O)O.NCCCC(N)C(=O)O. The summed E-state index contributed by atoms with van der Waals surface area (Å²) >= 11 is 0. The number of hydrogen-bond acceptors (Lipinski definition) is 6. The number of aromatic nitrogens is 2. The number of imidazole rings is 1. The Morgan fingerprint density at radius 1 is 1.12 bits per heavy atom. The highest BCUT2D eigenvalue weighted by Gasteiger charge is 2.25. The summed E-state index contributed by atoms with van der Waals surface area (Å²) in [5, 5.41) is 17.5. The number of fused-ring (bicyclic) bond motifs is 1. The molecule has 10 nitrogen and oxygen atoms in total. The summed E-state index contributed by atoms with van der Waals surface area (Å²) in [4.78, 5) is 29.7. The lowest BCUT2D eigenvalue weighted by molar-refractivity contribution is -0.138. The van der Waals surface area contributed by atoms with Crippen LogP contribution in [0.5, 0.6) is 0 Å². The zero-order valence-corrected chi connectivity index (χ0v) is 19.1. The van der Waals surface area contributed by atoms with Crippen molar-refractivity contribution in [1.82, 2.24) is 14.9 Å². The van der Waals surface area contributed by atoms with Crippen LogP contribution in [0.1, 0.15) is 58.3 Å². The average Bonchev–Trinajstić information content (AvgIpc) is 3.11. The molecule has 33 heavy (non-hydrogen) atoms. The minimum Gasteiger partial charge on any atom is -0.480 e. The molecule has 0 aliphatic carbocycles. The van der Waals surface area contributed by atoms with Crippen LogP contribution in [0.15, 0.2) is 12.1 Å². The average molecular weight is 473 g/mol. The highest BCUT2D eigenvalue weighted by atomic mass is 19.2. The molecule has 2 unspecified atom stereocenters. The summed E-state index contributed by atoms with van der Waals surface area (Å²) in [6.07, 6.45) is 1.19. The number of nitrogens with two attached hydrogens (primary N) is 3. The molecule has 1 aromatic carbocycles. The van der Waals surface area contributed by atoms with Crippen LogP contribution >= 0.6 is 0 Å². The molecule has 0 spiro atoms. The molecule has 2 atom stereocenters. The predicted octanol–water partition coefficient (Wildman–Crippen LogP) is 2.54. The van der Waals surface area contributed by atoms with Gasteiger partial charge >= 0.3 is 12.1 Å². The molecule has 1 amide bonds. The number of nitrogens with zero attached hydrogens (tertiary/aromatic N) is 2. The summed E-state index contributed by atoms with van der Waals surface area (Å²) in [5.41, 5.74) is 16.5. The Kier molecular flexibility index (Phi) is 10.6. The van der Waals surface area contributed by atoms with E-state index in [1.807, 2.05) is 20.8 Å². The number of aromatic amines is 1. The summed E-state index contributed by atoms with van der Waals surface area (Å²) < 4.78 is 26.4. The maximum Gasteiger partial charge on any atom is 0.407 e. The number of carbonyl (C=O) groups is 2. The Bertz CT molecular complexity index is 892. The molecule has 0 bridgehead atoms. The third kappa shape index (κ3) is 8.91. The second kappa shape index (κ2) is 12.4. The van der Waals surface area contributed by atoms with Crippen LogP contribution in [0.25, 0.3) is 11.0 Å². The molecule has 0 saturated carbocycles. The summed E-state index contributed by atoms with van der Waals surface area (Å²) in [6.45, 7) is 6.31. The summed E-state index contributed by atoms with van der Waals surface area (Å²) in [6, 6.07) is 0.843. The van der Waals surface area contributed by atoms with Gasteiger partial charge < -0.3 is 37.3 Å². The molecular weight excluding hydrogens is 438 g/mol. The van der Waals surface area contributed by atoms with Gasteiger partial charge in [0.15, 0.2) is 11.6 Å². The van der Waals surface area contributed by atoms with E-state index in [4.69, 9.17) is 22.3 Å². The fraction of sp³-hybridized carbons (Fsp3) is 0.571. The highest BCUT2D eigenvalue weighted by molar-refractivity contribution is 5.75. The van der Waals surface area contributed by atoms with E-state index in [1.165, 1.54) is 4.90 Å². The van der Waals surface area contributed by atoms with Crippen molar-refractivity contribution in [2.24, 2.45) is 17.2 Å². The van der Waals surface area contributed by atoms with Gasteiger partial charge in [-0.25, -0.2) is 18.6 Å². The van der Waals surface area contributed by atoms with Crippen LogP contribution < -0.4 is 17.2 Å². The van der Waals surface area contributed by atoms with E-state index >= 15 is 0 Å². The third-order valence-electron chi connectivity index (χ3n) is 4.87. The highest BCUT2D eigenvalue weighted by Crippen LogP contribution is 2.21. The van der Waals surface area contributed by atoms with Crippen LogP contribution in [0.2, 0.25) is 0 Å². The van der Waals surface area contributed by atoms with Crippen LogP contribution in [0, 0.1) is 11.6 Å². The normalized spacial score (nSPS) is 13.2. The Morgan fingerprint density at radius 2 is 1.73 bits per heavy atom. The molecule has 2 rings (SSSR count). The van der Waals surface area contributed by atoms with E-state index in [9.17, 15) is 23.5 Å². The van der Waals surface area contributed by atoms with Crippen molar-refractivity contribution in [3.05, 3.63) is 29.6 Å². The van der Waals surface area contributed by atoms with Gasteiger partial charge in [-0.3, -0.25) is 4.79 Å². The molecule has 2 aromatic rings. The van der Waals surface area contributed by atoms with Gasteiger partial charge in [0.2, 0.25) is 0 Å². The van der Waals surface area contributed by atoms with Crippen molar-refractivity contribution in [3.8, 4) is 0 Å². The molecular formula is C21H34F2N6O4. The van der Waals surface area contributed by atoms with Crippen molar-refractivity contribution in [3.63, 3.8) is 0 Å². The number of benzene rings is 1. The smallest absolute Gasteiger partial charge is 0.407 e. The van der Waals surface area contributed by atoms with E-state index < -0.39 is 41.3 Å². The van der Waals surface area contributed by atoms with Crippen molar-refractivity contribution >= 4 is 23.1 Å². The van der Waals surface area contributed by atoms with E-state index in [-0.39, 0.29) is 0 Å². The number of aliphatic carboxylic acids is 1. The van der Waals surface area contributed by atoms with Crippen LogP contribution in [-0.4, -0.2) is 61.8 Å². The number of halogens is 2. The second-order valence-electron chi connectivity index (χ2n) is 8.63. The van der Waals surface area contributed by atoms with Crippen molar-refractivity contribution < 1.29 is 28.6 Å². The molecule has 186 valence electrons. The zero-order chi connectivity index (χ0) is 25.3. The molecule has 0 aliphatic rings. The molecule has 1 heterocycles. The Hall–Kier alpha value is -2.83. The zero-order valence-electron chi connectivity index (χ0n) is 19.1. The summed E-state index contributed by atoms with van der Waals surface area (Å²) in [7, 11) is 0. The number of rotatable bonds is 9. The Morgan fingerprint density at radius 3 is 2.24 bits per heavy atom. The lowest BCUT2D eigenvalue weighted by Crippen LogP contribution is -2.45. The van der Waals surface area contributed by atoms with Gasteiger partial charge in [0.1, 0.15) is 11.9 Å². The number of hydrogen-bond donors (Lipinski definition) is 6. The fourth-order valence-electron chi connectivity index (χ4n) is 2.99. The second-order valence-corrected chi connectivity index (χ2v) is 8.63. The first-order chi connectivity index (χ1) is 15.3. The minimum absolute atomic E-state index is 0.307. The van der Waals surface area contributed by atoms with E-state index in [0.29, 0.717) is 55.6 Å². The number of amides is 1. The first-order valence-corrected chi connectivity index (χ1v) is 10.6. The molecule has 9 N–H and O–H groups in total. The Labute approximate surface area is 191 Å². The van der Waals surface area contributed by atoms with Crippen LogP contribution in [0.3, 0.4) is 0 Å². The van der Waals surface area contributed by atoms with Crippen molar-refractivity contribution in [2.75, 3.05) is 13.1 Å². The van der Waals surface area contributed by atoms with Crippen molar-refractivity contribution in [1.29, 1.82) is 0 Å². The van der Waals surface area contributed by atoms with Gasteiger partial charge in [-0.15, -0.1) is 0 Å². The number of carboxylic acid groups (broad SMARTS) is 2. The first kappa shape index (κ1) is 28.2. The molecule has 1 aromatic heterocycles.